The van der Waals surface area contributed by atoms with Crippen LogP contribution in [0.2, 0.25) is 5.02 Å². The highest BCUT2D eigenvalue weighted by atomic mass is 35.5. The Morgan fingerprint density at radius 1 is 0.674 bits per heavy atom. The first-order valence-electron chi connectivity index (χ1n) is 13.5. The lowest BCUT2D eigenvalue weighted by atomic mass is 10.0. The maximum Gasteiger partial charge on any atom is 0.233 e. The molecule has 216 valence electrons. The van der Waals surface area contributed by atoms with Crippen LogP contribution in [0.3, 0.4) is 0 Å². The third-order valence-corrected chi connectivity index (χ3v) is 7.95. The maximum atomic E-state index is 6.20. The van der Waals surface area contributed by atoms with Crippen molar-refractivity contribution in [2.24, 2.45) is 4.40 Å². The lowest BCUT2D eigenvalue weighted by Gasteiger charge is -2.12. The van der Waals surface area contributed by atoms with E-state index >= 15 is 0 Å². The molecule has 0 amide bonds. The van der Waals surface area contributed by atoms with Gasteiger partial charge in [0.15, 0.2) is 0 Å². The monoisotopic (exact) mass is 609 g/mol. The molecule has 1 aliphatic heterocycles. The number of rotatable bonds is 10. The molecule has 0 bridgehead atoms. The molecule has 9 nitrogen and oxygen atoms in total. The first-order valence-corrected chi connectivity index (χ1v) is 14.7. The van der Waals surface area contributed by atoms with E-state index in [9.17, 15) is 0 Å². The van der Waals surface area contributed by atoms with Crippen LogP contribution in [-0.2, 0) is 0 Å². The van der Waals surface area contributed by atoms with Crippen LogP contribution in [0.15, 0.2) is 101 Å². The summed E-state index contributed by atoms with van der Waals surface area (Å²) in [6.45, 7) is 0. The average molecular weight is 610 g/mol. The number of hydrogen-bond acceptors (Lipinski definition) is 10. The second kappa shape index (κ2) is 13.0. The SMILES string of the molecule is COc1ccc(Nc2nc(Nc3ccc(OC)cc3)nc(Nc3ccc(C4=NSC(c5cccc(Cl)c5)C4)cc3)n2)cc1. The minimum Gasteiger partial charge on any atom is -0.497 e. The van der Waals surface area contributed by atoms with E-state index in [-0.39, 0.29) is 5.25 Å². The Labute approximate surface area is 258 Å². The molecule has 5 aromatic rings. The standard InChI is InChI=1S/C32H28ClN7O2S/c1-41-26-14-10-24(11-15-26)35-31-37-30(38-32(39-31)36-25-12-16-27(42-2)17-13-25)34-23-8-6-20(7-9-23)28-19-29(43-40-28)21-4-3-5-22(33)18-21/h3-18,29H,19H2,1-2H3,(H3,34,35,36,37,38,39). The van der Waals surface area contributed by atoms with E-state index in [1.165, 1.54) is 5.56 Å². The lowest BCUT2D eigenvalue weighted by molar-refractivity contribution is 0.415. The Bertz CT molecular complexity index is 1670. The van der Waals surface area contributed by atoms with Crippen LogP contribution in [0.25, 0.3) is 0 Å². The molecule has 0 radical (unpaired) electrons. The molecule has 1 unspecified atom stereocenters. The Morgan fingerprint density at radius 3 is 1.63 bits per heavy atom. The quantitative estimate of drug-likeness (QED) is 0.135. The molecular weight excluding hydrogens is 582 g/mol. The zero-order chi connectivity index (χ0) is 29.6. The van der Waals surface area contributed by atoms with Crippen molar-refractivity contribution in [3.63, 3.8) is 0 Å². The van der Waals surface area contributed by atoms with E-state index in [0.29, 0.717) is 17.8 Å². The summed E-state index contributed by atoms with van der Waals surface area (Å²) in [6, 6.07) is 31.1. The summed E-state index contributed by atoms with van der Waals surface area (Å²) in [5.41, 5.74) is 5.76. The molecule has 6 rings (SSSR count). The molecule has 43 heavy (non-hydrogen) atoms. The van der Waals surface area contributed by atoms with Crippen LogP contribution in [-0.4, -0.2) is 34.9 Å². The second-order valence-electron chi connectivity index (χ2n) is 9.61. The fraction of sp³-hybridized carbons (Fsp3) is 0.125. The summed E-state index contributed by atoms with van der Waals surface area (Å²) in [4.78, 5) is 13.8. The van der Waals surface area contributed by atoms with Crippen LogP contribution in [0.5, 0.6) is 11.5 Å². The number of hydrogen-bond donors (Lipinski definition) is 3. The molecule has 1 aliphatic rings. The molecule has 0 spiro atoms. The van der Waals surface area contributed by atoms with Gasteiger partial charge in [0.1, 0.15) is 11.5 Å². The van der Waals surface area contributed by atoms with Crippen molar-refractivity contribution in [2.75, 3.05) is 30.2 Å². The lowest BCUT2D eigenvalue weighted by Crippen LogP contribution is -2.07. The van der Waals surface area contributed by atoms with Gasteiger partial charge in [0, 0.05) is 28.5 Å². The summed E-state index contributed by atoms with van der Waals surface area (Å²) in [5.74, 6) is 2.65. The molecule has 3 N–H and O–H groups in total. The van der Waals surface area contributed by atoms with E-state index in [1.807, 2.05) is 78.9 Å². The van der Waals surface area contributed by atoms with Crippen LogP contribution < -0.4 is 25.4 Å². The molecule has 1 aromatic heterocycles. The zero-order valence-electron chi connectivity index (χ0n) is 23.4. The summed E-state index contributed by atoms with van der Waals surface area (Å²) in [6.07, 6.45) is 0.839. The normalized spacial score (nSPS) is 14.1. The van der Waals surface area contributed by atoms with Gasteiger partial charge in [-0.25, -0.2) is 4.40 Å². The van der Waals surface area contributed by atoms with Crippen molar-refractivity contribution < 1.29 is 9.47 Å². The summed E-state index contributed by atoms with van der Waals surface area (Å²) < 4.78 is 15.3. The third kappa shape index (κ3) is 7.17. The van der Waals surface area contributed by atoms with E-state index in [2.05, 4.69) is 49.1 Å². The molecule has 0 saturated heterocycles. The molecule has 1 atom stereocenters. The number of benzene rings is 4. The van der Waals surface area contributed by atoms with Gasteiger partial charge in [-0.1, -0.05) is 35.9 Å². The van der Waals surface area contributed by atoms with Gasteiger partial charge in [-0.15, -0.1) is 0 Å². The maximum absolute atomic E-state index is 6.20. The smallest absolute Gasteiger partial charge is 0.233 e. The first-order chi connectivity index (χ1) is 21.0. The Kier molecular flexibility index (Phi) is 8.57. The number of halogens is 1. The fourth-order valence-electron chi connectivity index (χ4n) is 4.46. The van der Waals surface area contributed by atoms with Crippen molar-refractivity contribution in [2.45, 2.75) is 11.7 Å². The Hall–Kier alpha value is -4.80. The molecule has 11 heteroatoms. The van der Waals surface area contributed by atoms with Gasteiger partial charge in [-0.05, 0) is 95.9 Å². The number of nitrogens with zero attached hydrogens (tertiary/aromatic N) is 4. The van der Waals surface area contributed by atoms with Crippen molar-refractivity contribution in [1.29, 1.82) is 0 Å². The van der Waals surface area contributed by atoms with E-state index < -0.39 is 0 Å². The number of anilines is 6. The van der Waals surface area contributed by atoms with E-state index in [0.717, 1.165) is 51.3 Å². The van der Waals surface area contributed by atoms with Gasteiger partial charge in [0.25, 0.3) is 0 Å². The summed E-state index contributed by atoms with van der Waals surface area (Å²) in [7, 11) is 3.27. The predicted octanol–water partition coefficient (Wildman–Crippen LogP) is 8.36. The minimum atomic E-state index is 0.255. The fourth-order valence-corrected chi connectivity index (χ4v) is 5.59. The van der Waals surface area contributed by atoms with Crippen LogP contribution in [0.4, 0.5) is 34.9 Å². The number of nitrogens with one attached hydrogen (secondary N) is 3. The van der Waals surface area contributed by atoms with Crippen molar-refractivity contribution in [1.82, 2.24) is 15.0 Å². The van der Waals surface area contributed by atoms with Gasteiger partial charge >= 0.3 is 0 Å². The second-order valence-corrected chi connectivity index (χ2v) is 11.0. The Balaban J connectivity index is 1.19. The van der Waals surface area contributed by atoms with E-state index in [4.69, 9.17) is 25.5 Å². The van der Waals surface area contributed by atoms with Gasteiger partial charge in [-0.3, -0.25) is 0 Å². The number of aromatic nitrogens is 3. The molecule has 0 saturated carbocycles. The zero-order valence-corrected chi connectivity index (χ0v) is 25.0. The molecule has 0 aliphatic carbocycles. The molecular formula is C32H28ClN7O2S. The van der Waals surface area contributed by atoms with Crippen LogP contribution >= 0.6 is 23.5 Å². The van der Waals surface area contributed by atoms with E-state index in [1.54, 1.807) is 26.2 Å². The minimum absolute atomic E-state index is 0.255. The van der Waals surface area contributed by atoms with Crippen LogP contribution in [0, 0.1) is 0 Å². The highest BCUT2D eigenvalue weighted by Gasteiger charge is 2.23. The molecule has 2 heterocycles. The van der Waals surface area contributed by atoms with Crippen LogP contribution in [0.1, 0.15) is 22.8 Å². The van der Waals surface area contributed by atoms with Gasteiger partial charge < -0.3 is 25.4 Å². The highest BCUT2D eigenvalue weighted by molar-refractivity contribution is 7.98. The molecule has 0 fully saturated rings. The third-order valence-electron chi connectivity index (χ3n) is 6.69. The largest absolute Gasteiger partial charge is 0.497 e. The number of ether oxygens (including phenoxy) is 2. The van der Waals surface area contributed by atoms with Gasteiger partial charge in [0.05, 0.1) is 25.2 Å². The average Bonchev–Trinajstić information content (AvgIpc) is 3.53. The van der Waals surface area contributed by atoms with Crippen molar-refractivity contribution in [3.8, 4) is 11.5 Å². The first kappa shape index (κ1) is 28.3. The summed E-state index contributed by atoms with van der Waals surface area (Å²) >= 11 is 7.78. The summed E-state index contributed by atoms with van der Waals surface area (Å²) in [5, 5.41) is 10.8. The predicted molar refractivity (Wildman–Crippen MR) is 175 cm³/mol. The number of methoxy groups -OCH3 is 2. The Morgan fingerprint density at radius 2 is 1.16 bits per heavy atom. The van der Waals surface area contributed by atoms with Crippen molar-refractivity contribution >= 4 is 64.2 Å². The van der Waals surface area contributed by atoms with Gasteiger partial charge in [0.2, 0.25) is 17.8 Å². The topological polar surface area (TPSA) is 106 Å². The highest BCUT2D eigenvalue weighted by Crippen LogP contribution is 2.41. The molecule has 4 aromatic carbocycles. The van der Waals surface area contributed by atoms with Gasteiger partial charge in [-0.2, -0.15) is 15.0 Å². The van der Waals surface area contributed by atoms with Crippen molar-refractivity contribution in [3.05, 3.63) is 113 Å².